The molecule has 31 heavy (non-hydrogen) atoms. The van der Waals surface area contributed by atoms with Gasteiger partial charge in [-0.3, -0.25) is 4.79 Å². The number of carbonyl (C=O) groups is 1. The molecule has 12 heteroatoms. The van der Waals surface area contributed by atoms with Crippen molar-refractivity contribution >= 4 is 33.2 Å². The number of piperazine rings is 1. The Bertz CT molecular complexity index is 1050. The number of hydrogen-bond donors (Lipinski definition) is 1. The van der Waals surface area contributed by atoms with Gasteiger partial charge in [0.25, 0.3) is 5.91 Å². The summed E-state index contributed by atoms with van der Waals surface area (Å²) in [5.41, 5.74) is 0.497. The lowest BCUT2D eigenvalue weighted by Gasteiger charge is -2.35. The van der Waals surface area contributed by atoms with Crippen LogP contribution in [-0.4, -0.2) is 57.5 Å². The van der Waals surface area contributed by atoms with Crippen LogP contribution in [-0.2, 0) is 10.0 Å². The van der Waals surface area contributed by atoms with E-state index in [1.807, 2.05) is 4.90 Å². The molecule has 1 amide bonds. The quantitative estimate of drug-likeness (QED) is 0.668. The Balaban J connectivity index is 1.74. The molecule has 0 aliphatic carbocycles. The van der Waals surface area contributed by atoms with Crippen molar-refractivity contribution in [3.63, 3.8) is 0 Å². The fraction of sp³-hybridized carbons (Fsp3) is 0.316. The van der Waals surface area contributed by atoms with Gasteiger partial charge in [0.1, 0.15) is 17.3 Å². The molecule has 1 N–H and O–H groups in total. The first-order valence-electron chi connectivity index (χ1n) is 9.12. The molecule has 0 radical (unpaired) electrons. The van der Waals surface area contributed by atoms with Crippen molar-refractivity contribution in [1.82, 2.24) is 9.62 Å². The van der Waals surface area contributed by atoms with Crippen molar-refractivity contribution in [3.05, 3.63) is 58.9 Å². The number of nitrogens with one attached hydrogen (secondary N) is 1. The zero-order valence-corrected chi connectivity index (χ0v) is 17.6. The third-order valence-electron chi connectivity index (χ3n) is 4.69. The fourth-order valence-electron chi connectivity index (χ4n) is 3.10. The third-order valence-corrected chi connectivity index (χ3v) is 7.07. The molecule has 6 nitrogen and oxygen atoms in total. The molecule has 0 spiro atoms. The first-order chi connectivity index (χ1) is 14.5. The van der Waals surface area contributed by atoms with E-state index in [-0.39, 0.29) is 34.4 Å². The molecule has 0 aromatic heterocycles. The van der Waals surface area contributed by atoms with Crippen LogP contribution in [0.3, 0.4) is 0 Å². The second-order valence-electron chi connectivity index (χ2n) is 6.81. The largest absolute Gasteiger partial charge is 0.405 e. The van der Waals surface area contributed by atoms with Crippen molar-refractivity contribution in [2.45, 2.75) is 11.1 Å². The molecule has 1 aliphatic heterocycles. The molecule has 1 saturated heterocycles. The van der Waals surface area contributed by atoms with Crippen LogP contribution in [0.4, 0.5) is 23.2 Å². The van der Waals surface area contributed by atoms with Crippen LogP contribution in [0.1, 0.15) is 10.4 Å². The number of amides is 1. The van der Waals surface area contributed by atoms with Crippen LogP contribution < -0.4 is 10.2 Å². The topological polar surface area (TPSA) is 69.7 Å². The number of benzene rings is 2. The molecule has 1 heterocycles. The Morgan fingerprint density at radius 1 is 1.03 bits per heavy atom. The average Bonchev–Trinajstić information content (AvgIpc) is 2.72. The van der Waals surface area contributed by atoms with Gasteiger partial charge in [0.15, 0.2) is 0 Å². The second kappa shape index (κ2) is 9.01. The maximum absolute atomic E-state index is 13.1. The minimum Gasteiger partial charge on any atom is -0.369 e. The Labute approximate surface area is 181 Å². The molecule has 0 bridgehead atoms. The predicted octanol–water partition coefficient (Wildman–Crippen LogP) is 3.28. The molecule has 0 saturated carbocycles. The smallest absolute Gasteiger partial charge is 0.369 e. The minimum absolute atomic E-state index is 0.112. The number of carbonyl (C=O) groups excluding carboxylic acids is 1. The van der Waals surface area contributed by atoms with Crippen molar-refractivity contribution < 1.29 is 30.8 Å². The Hall–Kier alpha value is -2.37. The zero-order valence-electron chi connectivity index (χ0n) is 16.0. The highest BCUT2D eigenvalue weighted by molar-refractivity contribution is 7.89. The van der Waals surface area contributed by atoms with Crippen LogP contribution in [0, 0.1) is 5.82 Å². The monoisotopic (exact) mass is 479 g/mol. The number of hydrogen-bond acceptors (Lipinski definition) is 4. The summed E-state index contributed by atoms with van der Waals surface area (Å²) in [5, 5.41) is 1.55. The molecule has 1 aliphatic rings. The highest BCUT2D eigenvalue weighted by Crippen LogP contribution is 2.28. The summed E-state index contributed by atoms with van der Waals surface area (Å²) in [5.74, 6) is -1.44. The van der Waals surface area contributed by atoms with Gasteiger partial charge < -0.3 is 10.2 Å². The summed E-state index contributed by atoms with van der Waals surface area (Å²) >= 11 is 6.03. The van der Waals surface area contributed by atoms with Gasteiger partial charge in [0.2, 0.25) is 10.0 Å². The molecule has 168 valence electrons. The highest BCUT2D eigenvalue weighted by Gasteiger charge is 2.32. The van der Waals surface area contributed by atoms with E-state index in [2.05, 4.69) is 0 Å². The van der Waals surface area contributed by atoms with Gasteiger partial charge in [-0.2, -0.15) is 17.5 Å². The van der Waals surface area contributed by atoms with Crippen molar-refractivity contribution in [2.75, 3.05) is 37.6 Å². The lowest BCUT2D eigenvalue weighted by atomic mass is 10.2. The molecule has 2 aromatic rings. The summed E-state index contributed by atoms with van der Waals surface area (Å²) in [6.45, 7) is -0.633. The summed E-state index contributed by atoms with van der Waals surface area (Å²) in [4.78, 5) is 13.5. The second-order valence-corrected chi connectivity index (χ2v) is 9.12. The van der Waals surface area contributed by atoms with Crippen molar-refractivity contribution in [1.29, 1.82) is 0 Å². The van der Waals surface area contributed by atoms with E-state index in [1.165, 1.54) is 16.4 Å². The van der Waals surface area contributed by atoms with Gasteiger partial charge in [-0.05, 0) is 42.5 Å². The number of rotatable bonds is 5. The molecule has 3 rings (SSSR count). The predicted molar refractivity (Wildman–Crippen MR) is 107 cm³/mol. The molecule has 1 fully saturated rings. The van der Waals surface area contributed by atoms with Crippen molar-refractivity contribution in [2.24, 2.45) is 0 Å². The van der Waals surface area contributed by atoms with E-state index in [4.69, 9.17) is 11.6 Å². The number of alkyl halides is 3. The Morgan fingerprint density at radius 2 is 1.65 bits per heavy atom. The molecular weight excluding hydrogens is 462 g/mol. The summed E-state index contributed by atoms with van der Waals surface area (Å²) in [7, 11) is -4.09. The molecular formula is C19H18ClF4N3O3S. The Kier molecular flexibility index (Phi) is 6.77. The van der Waals surface area contributed by atoms with Crippen LogP contribution in [0.5, 0.6) is 0 Å². The van der Waals surface area contributed by atoms with Crippen LogP contribution >= 0.6 is 11.6 Å². The minimum atomic E-state index is -4.60. The lowest BCUT2D eigenvalue weighted by molar-refractivity contribution is -0.123. The van der Waals surface area contributed by atoms with Gasteiger partial charge >= 0.3 is 6.18 Å². The van der Waals surface area contributed by atoms with E-state index >= 15 is 0 Å². The van der Waals surface area contributed by atoms with Crippen LogP contribution in [0.25, 0.3) is 0 Å². The van der Waals surface area contributed by atoms with Gasteiger partial charge in [0.05, 0.1) is 5.02 Å². The molecule has 0 unspecified atom stereocenters. The number of sulfonamides is 1. The van der Waals surface area contributed by atoms with E-state index in [1.54, 1.807) is 17.4 Å². The average molecular weight is 480 g/mol. The zero-order chi connectivity index (χ0) is 22.8. The lowest BCUT2D eigenvalue weighted by Crippen LogP contribution is -2.48. The molecule has 0 atom stereocenters. The standard InChI is InChI=1S/C19H18ClF4N3O3S/c20-16-6-1-13(18(28)25-12-19(22,23)24)11-17(16)31(29,30)27-9-7-26(8-10-27)15-4-2-14(21)3-5-15/h1-6,11H,7-10,12H2,(H,25,28). The fourth-order valence-corrected chi connectivity index (χ4v) is 5.03. The summed E-state index contributed by atoms with van der Waals surface area (Å²) in [6, 6.07) is 9.10. The number of anilines is 1. The van der Waals surface area contributed by atoms with E-state index in [0.717, 1.165) is 23.9 Å². The van der Waals surface area contributed by atoms with Gasteiger partial charge in [0, 0.05) is 37.4 Å². The van der Waals surface area contributed by atoms with Gasteiger partial charge in [-0.25, -0.2) is 12.8 Å². The van der Waals surface area contributed by atoms with E-state index in [9.17, 15) is 30.8 Å². The maximum Gasteiger partial charge on any atom is 0.405 e. The van der Waals surface area contributed by atoms with Crippen molar-refractivity contribution in [3.8, 4) is 0 Å². The first-order valence-corrected chi connectivity index (χ1v) is 10.9. The number of nitrogens with zero attached hydrogens (tertiary/aromatic N) is 2. The van der Waals surface area contributed by atoms with Crippen LogP contribution in [0.15, 0.2) is 47.4 Å². The van der Waals surface area contributed by atoms with Gasteiger partial charge in [-0.1, -0.05) is 11.6 Å². The van der Waals surface area contributed by atoms with E-state index in [0.29, 0.717) is 13.1 Å². The third kappa shape index (κ3) is 5.66. The van der Waals surface area contributed by atoms with Gasteiger partial charge in [-0.15, -0.1) is 0 Å². The SMILES string of the molecule is O=C(NCC(F)(F)F)c1ccc(Cl)c(S(=O)(=O)N2CCN(c3ccc(F)cc3)CC2)c1. The summed E-state index contributed by atoms with van der Waals surface area (Å²) in [6.07, 6.45) is -4.60. The maximum atomic E-state index is 13.1. The number of halogens is 5. The van der Waals surface area contributed by atoms with Crippen LogP contribution in [0.2, 0.25) is 5.02 Å². The Morgan fingerprint density at radius 3 is 2.23 bits per heavy atom. The van der Waals surface area contributed by atoms with E-state index < -0.39 is 28.7 Å². The first kappa shape index (κ1) is 23.3. The normalized spacial score (nSPS) is 15.7. The molecule has 2 aromatic carbocycles. The summed E-state index contributed by atoms with van der Waals surface area (Å²) < 4.78 is 77.3. The highest BCUT2D eigenvalue weighted by atomic mass is 35.5.